The Morgan fingerprint density at radius 1 is 1.07 bits per heavy atom. The number of benzene rings is 3. The van der Waals surface area contributed by atoms with Crippen LogP contribution in [0.4, 0.5) is 0 Å². The van der Waals surface area contributed by atoms with Crippen LogP contribution in [0.15, 0.2) is 93.7 Å². The van der Waals surface area contributed by atoms with Crippen LogP contribution in [0, 0.1) is 0 Å². The van der Waals surface area contributed by atoms with E-state index in [4.69, 9.17) is 13.9 Å². The minimum absolute atomic E-state index is 0.0291. The summed E-state index contributed by atoms with van der Waals surface area (Å²) in [7, 11) is 1.41. The standard InChI is InChI=1S/C34H30N2O9/c1-43-27-14-20(18-38)13-22-28-23(32(40)35-11-12-37)16-25(29(39)31(28)45-30(22)27)36(17-19-7-3-2-4-8-19)33(41)24-15-21-9-5-6-10-26(21)44-34(24)42/h2-10,13-16,18,25,28-29,31,37,39H,11-12,17H2,1H3,(H,35,40)/t25-,28+,29+,31+/m1/s1. The number of aliphatic hydroxyl groups excluding tert-OH is 2. The number of methoxy groups -OCH3 is 1. The average Bonchev–Trinajstić information content (AvgIpc) is 3.46. The summed E-state index contributed by atoms with van der Waals surface area (Å²) in [5, 5.41) is 24.5. The molecule has 2 heterocycles. The Bertz CT molecular complexity index is 1870. The van der Waals surface area contributed by atoms with Crippen molar-refractivity contribution < 1.29 is 38.5 Å². The molecule has 230 valence electrons. The van der Waals surface area contributed by atoms with E-state index in [-0.39, 0.29) is 47.9 Å². The van der Waals surface area contributed by atoms with E-state index in [1.54, 1.807) is 54.6 Å². The van der Waals surface area contributed by atoms with Gasteiger partial charge in [0.2, 0.25) is 5.91 Å². The smallest absolute Gasteiger partial charge is 0.349 e. The molecule has 2 aliphatic rings. The van der Waals surface area contributed by atoms with E-state index in [0.29, 0.717) is 28.4 Å². The molecule has 0 saturated heterocycles. The minimum atomic E-state index is -1.39. The Morgan fingerprint density at radius 3 is 2.56 bits per heavy atom. The minimum Gasteiger partial charge on any atom is -0.493 e. The number of nitrogens with one attached hydrogen (secondary N) is 1. The highest BCUT2D eigenvalue weighted by Crippen LogP contribution is 2.51. The molecule has 1 aliphatic heterocycles. The second-order valence-electron chi connectivity index (χ2n) is 10.8. The molecule has 2 amide bonds. The molecule has 45 heavy (non-hydrogen) atoms. The summed E-state index contributed by atoms with van der Waals surface area (Å²) in [6.45, 7) is -0.388. The topological polar surface area (TPSA) is 156 Å². The molecular formula is C34H30N2O9. The van der Waals surface area contributed by atoms with Gasteiger partial charge in [-0.25, -0.2) is 4.79 Å². The summed E-state index contributed by atoms with van der Waals surface area (Å²) >= 11 is 0. The van der Waals surface area contributed by atoms with Gasteiger partial charge in [-0.2, -0.15) is 0 Å². The number of rotatable bonds is 9. The molecule has 11 nitrogen and oxygen atoms in total. The van der Waals surface area contributed by atoms with Crippen LogP contribution in [0.3, 0.4) is 0 Å². The first-order valence-corrected chi connectivity index (χ1v) is 14.3. The first kappa shape index (κ1) is 29.8. The summed E-state index contributed by atoms with van der Waals surface area (Å²) in [5.74, 6) is -1.61. The predicted octanol–water partition coefficient (Wildman–Crippen LogP) is 2.58. The highest BCUT2D eigenvalue weighted by Gasteiger charge is 2.51. The van der Waals surface area contributed by atoms with E-state index in [1.165, 1.54) is 30.2 Å². The number of aldehydes is 1. The fourth-order valence-corrected chi connectivity index (χ4v) is 6.02. The van der Waals surface area contributed by atoms with E-state index in [0.717, 1.165) is 0 Å². The van der Waals surface area contributed by atoms with Gasteiger partial charge in [-0.3, -0.25) is 14.4 Å². The normalized spacial score (nSPS) is 19.9. The molecule has 11 heteroatoms. The van der Waals surface area contributed by atoms with Gasteiger partial charge in [-0.15, -0.1) is 0 Å². The van der Waals surface area contributed by atoms with Crippen molar-refractivity contribution in [3.8, 4) is 11.5 Å². The van der Waals surface area contributed by atoms with Gasteiger partial charge in [0.05, 0.1) is 25.7 Å². The van der Waals surface area contributed by atoms with Crippen LogP contribution in [0.5, 0.6) is 11.5 Å². The molecule has 0 spiro atoms. The van der Waals surface area contributed by atoms with Crippen molar-refractivity contribution in [3.05, 3.63) is 117 Å². The fourth-order valence-electron chi connectivity index (χ4n) is 6.02. The van der Waals surface area contributed by atoms with Crippen LogP contribution in [-0.2, 0) is 11.3 Å². The summed E-state index contributed by atoms with van der Waals surface area (Å²) < 4.78 is 17.2. The molecule has 0 bridgehead atoms. The predicted molar refractivity (Wildman–Crippen MR) is 162 cm³/mol. The van der Waals surface area contributed by atoms with Crippen LogP contribution < -0.4 is 20.4 Å². The number of fused-ring (bicyclic) bond motifs is 4. The Labute approximate surface area is 257 Å². The SMILES string of the molecule is COc1cc(C=O)cc2c1O[C@@H]1[C@@H](O)[C@H](N(Cc3ccccc3)C(=O)c3cc4ccccc4oc3=O)C=C(C(=O)NCCO)[C@H]21. The first-order valence-electron chi connectivity index (χ1n) is 14.3. The Morgan fingerprint density at radius 2 is 1.82 bits per heavy atom. The number of hydrogen-bond donors (Lipinski definition) is 3. The van der Waals surface area contributed by atoms with Gasteiger partial charge >= 0.3 is 5.63 Å². The Kier molecular flexibility index (Phi) is 8.20. The largest absolute Gasteiger partial charge is 0.493 e. The highest BCUT2D eigenvalue weighted by molar-refractivity contribution is 5.99. The molecule has 6 rings (SSSR count). The van der Waals surface area contributed by atoms with E-state index < -0.39 is 41.6 Å². The lowest BCUT2D eigenvalue weighted by molar-refractivity contribution is -0.118. The second-order valence-corrected chi connectivity index (χ2v) is 10.8. The molecule has 4 aromatic rings. The second kappa shape index (κ2) is 12.4. The van der Waals surface area contributed by atoms with Crippen molar-refractivity contribution in [3.63, 3.8) is 0 Å². The molecular weight excluding hydrogens is 580 g/mol. The van der Waals surface area contributed by atoms with Crippen LogP contribution in [0.1, 0.15) is 37.8 Å². The number of aliphatic hydroxyl groups is 2. The molecule has 0 fully saturated rings. The van der Waals surface area contributed by atoms with Crippen LogP contribution in [0.2, 0.25) is 0 Å². The van der Waals surface area contributed by atoms with E-state index in [1.807, 2.05) is 6.07 Å². The monoisotopic (exact) mass is 610 g/mol. The number of ether oxygens (including phenoxy) is 2. The molecule has 1 aromatic heterocycles. The summed E-state index contributed by atoms with van der Waals surface area (Å²) in [5.41, 5.74) is 0.831. The molecule has 3 aromatic carbocycles. The van der Waals surface area contributed by atoms with E-state index >= 15 is 0 Å². The van der Waals surface area contributed by atoms with Crippen molar-refractivity contribution in [2.75, 3.05) is 20.3 Å². The van der Waals surface area contributed by atoms with Crippen LogP contribution >= 0.6 is 0 Å². The van der Waals surface area contributed by atoms with Gasteiger partial charge in [0, 0.05) is 35.2 Å². The van der Waals surface area contributed by atoms with Gasteiger partial charge < -0.3 is 34.3 Å². The van der Waals surface area contributed by atoms with Crippen molar-refractivity contribution in [2.45, 2.75) is 30.7 Å². The average molecular weight is 611 g/mol. The van der Waals surface area contributed by atoms with Crippen molar-refractivity contribution in [1.82, 2.24) is 10.2 Å². The summed E-state index contributed by atoms with van der Waals surface area (Å²) in [4.78, 5) is 54.1. The maximum absolute atomic E-state index is 14.3. The zero-order valence-electron chi connectivity index (χ0n) is 24.2. The Hall–Kier alpha value is -5.26. The third-order valence-electron chi connectivity index (χ3n) is 8.10. The van der Waals surface area contributed by atoms with Crippen molar-refractivity contribution in [1.29, 1.82) is 0 Å². The van der Waals surface area contributed by atoms with Gasteiger partial charge in [0.15, 0.2) is 11.5 Å². The number of carbonyl (C=O) groups is 3. The third-order valence-corrected chi connectivity index (χ3v) is 8.10. The first-order chi connectivity index (χ1) is 21.8. The van der Waals surface area contributed by atoms with Gasteiger partial charge in [-0.1, -0.05) is 48.5 Å². The molecule has 1 aliphatic carbocycles. The summed E-state index contributed by atoms with van der Waals surface area (Å²) in [6.07, 6.45) is -0.329. The maximum atomic E-state index is 14.3. The lowest BCUT2D eigenvalue weighted by Crippen LogP contribution is -2.55. The highest BCUT2D eigenvalue weighted by atomic mass is 16.5. The molecule has 4 atom stereocenters. The Balaban J connectivity index is 1.50. The lowest BCUT2D eigenvalue weighted by Gasteiger charge is -2.40. The fraction of sp³-hybridized carbons (Fsp3) is 0.235. The molecule has 0 radical (unpaired) electrons. The van der Waals surface area contributed by atoms with E-state index in [2.05, 4.69) is 5.32 Å². The van der Waals surface area contributed by atoms with Crippen LogP contribution in [0.25, 0.3) is 11.0 Å². The van der Waals surface area contributed by atoms with Gasteiger partial charge in [0.25, 0.3) is 5.91 Å². The quantitative estimate of drug-likeness (QED) is 0.192. The molecule has 3 N–H and O–H groups in total. The number of hydrogen-bond acceptors (Lipinski definition) is 9. The molecule has 0 unspecified atom stereocenters. The zero-order chi connectivity index (χ0) is 31.7. The number of nitrogens with zero attached hydrogens (tertiary/aromatic N) is 1. The molecule has 0 saturated carbocycles. The zero-order valence-corrected chi connectivity index (χ0v) is 24.2. The number of para-hydroxylation sites is 1. The van der Waals surface area contributed by atoms with Crippen LogP contribution in [-0.4, -0.2) is 71.7 Å². The maximum Gasteiger partial charge on any atom is 0.349 e. The lowest BCUT2D eigenvalue weighted by atomic mass is 9.77. The van der Waals surface area contributed by atoms with Crippen molar-refractivity contribution in [2.24, 2.45) is 0 Å². The van der Waals surface area contributed by atoms with E-state index in [9.17, 15) is 29.4 Å². The number of carbonyl (C=O) groups excluding carboxylic acids is 3. The summed E-state index contributed by atoms with van der Waals surface area (Å²) in [6, 6.07) is 19.2. The number of amides is 2. The van der Waals surface area contributed by atoms with Gasteiger partial charge in [0.1, 0.15) is 29.6 Å². The third kappa shape index (κ3) is 5.47. The van der Waals surface area contributed by atoms with Gasteiger partial charge in [-0.05, 0) is 35.9 Å². The van der Waals surface area contributed by atoms with Crippen molar-refractivity contribution >= 4 is 29.1 Å².